The fourth-order valence-corrected chi connectivity index (χ4v) is 2.91. The number of nitro benzene ring substituents is 1. The van der Waals surface area contributed by atoms with E-state index in [0.717, 1.165) is 24.5 Å². The number of nitrogens with one attached hydrogen (secondary N) is 2. The number of nitro groups is 1. The minimum absolute atomic E-state index is 0.124. The first-order valence-corrected chi connectivity index (χ1v) is 8.88. The lowest BCUT2D eigenvalue weighted by Gasteiger charge is -2.07. The molecule has 21 heavy (non-hydrogen) atoms. The highest BCUT2D eigenvalue weighted by molar-refractivity contribution is 7.89. The molecule has 0 spiro atoms. The SMILES string of the molecule is CS(=O)(=O)NCCNS(=O)(=O)c1ccc([N+](=O)[O-])c(N)c1. The Morgan fingerprint density at radius 3 is 2.24 bits per heavy atom. The first kappa shape index (κ1) is 17.3. The van der Waals surface area contributed by atoms with Crippen molar-refractivity contribution in [3.8, 4) is 0 Å². The maximum atomic E-state index is 11.9. The van der Waals surface area contributed by atoms with Gasteiger partial charge in [0.15, 0.2) is 0 Å². The quantitative estimate of drug-likeness (QED) is 0.249. The molecule has 0 heterocycles. The average molecular weight is 338 g/mol. The number of nitrogen functional groups attached to an aromatic ring is 1. The fourth-order valence-electron chi connectivity index (χ4n) is 1.37. The van der Waals surface area contributed by atoms with Crippen molar-refractivity contribution < 1.29 is 21.8 Å². The summed E-state index contributed by atoms with van der Waals surface area (Å²) < 4.78 is 49.6. The standard InChI is InChI=1S/C9H14N4O6S2/c1-20(16,17)11-4-5-12-21(18,19)7-2-3-9(13(14)15)8(10)6-7/h2-3,6,11-12H,4-5,10H2,1H3. The summed E-state index contributed by atoms with van der Waals surface area (Å²) in [7, 11) is -7.34. The number of nitrogens with two attached hydrogens (primary N) is 1. The summed E-state index contributed by atoms with van der Waals surface area (Å²) in [5, 5.41) is 10.6. The molecule has 0 unspecified atom stereocenters. The van der Waals surface area contributed by atoms with Crippen LogP contribution in [-0.4, -0.2) is 41.1 Å². The van der Waals surface area contributed by atoms with Crippen molar-refractivity contribution >= 4 is 31.4 Å². The van der Waals surface area contributed by atoms with Gasteiger partial charge in [-0.3, -0.25) is 10.1 Å². The van der Waals surface area contributed by atoms with Crippen LogP contribution in [0, 0.1) is 10.1 Å². The van der Waals surface area contributed by atoms with Crippen LogP contribution in [0.1, 0.15) is 0 Å². The third-order valence-electron chi connectivity index (χ3n) is 2.29. The Labute approximate surface area is 121 Å². The van der Waals surface area contributed by atoms with E-state index in [1.807, 2.05) is 0 Å². The van der Waals surface area contributed by atoms with Gasteiger partial charge in [-0.1, -0.05) is 0 Å². The van der Waals surface area contributed by atoms with Gasteiger partial charge >= 0.3 is 0 Å². The van der Waals surface area contributed by atoms with Crippen LogP contribution in [0.15, 0.2) is 23.1 Å². The van der Waals surface area contributed by atoms with Crippen molar-refractivity contribution in [2.75, 3.05) is 25.1 Å². The maximum Gasteiger partial charge on any atom is 0.292 e. The van der Waals surface area contributed by atoms with Crippen molar-refractivity contribution in [3.05, 3.63) is 28.3 Å². The van der Waals surface area contributed by atoms with Gasteiger partial charge in [-0.05, 0) is 12.1 Å². The van der Waals surface area contributed by atoms with Crippen LogP contribution < -0.4 is 15.2 Å². The van der Waals surface area contributed by atoms with Gasteiger partial charge in [0, 0.05) is 19.2 Å². The van der Waals surface area contributed by atoms with Gasteiger partial charge in [0.1, 0.15) is 5.69 Å². The lowest BCUT2D eigenvalue weighted by molar-refractivity contribution is -0.383. The summed E-state index contributed by atoms with van der Waals surface area (Å²) in [6.45, 7) is -0.299. The minimum atomic E-state index is -3.93. The first-order chi connectivity index (χ1) is 9.53. The van der Waals surface area contributed by atoms with Crippen molar-refractivity contribution in [2.45, 2.75) is 4.90 Å². The molecule has 0 fully saturated rings. The fraction of sp³-hybridized carbons (Fsp3) is 0.333. The van der Waals surface area contributed by atoms with Gasteiger partial charge in [0.05, 0.1) is 16.1 Å². The summed E-state index contributed by atoms with van der Waals surface area (Å²) in [6, 6.07) is 2.99. The number of hydrogen-bond acceptors (Lipinski definition) is 7. The monoisotopic (exact) mass is 338 g/mol. The summed E-state index contributed by atoms with van der Waals surface area (Å²) >= 11 is 0. The van der Waals surface area contributed by atoms with E-state index in [4.69, 9.17) is 5.73 Å². The Morgan fingerprint density at radius 2 is 1.76 bits per heavy atom. The van der Waals surface area contributed by atoms with Crippen molar-refractivity contribution in [1.82, 2.24) is 9.44 Å². The van der Waals surface area contributed by atoms with Crippen LogP contribution in [-0.2, 0) is 20.0 Å². The molecule has 0 aliphatic carbocycles. The molecule has 0 aromatic heterocycles. The highest BCUT2D eigenvalue weighted by Gasteiger charge is 2.18. The van der Waals surface area contributed by atoms with Gasteiger partial charge in [-0.2, -0.15) is 0 Å². The van der Waals surface area contributed by atoms with Crippen LogP contribution in [0.3, 0.4) is 0 Å². The van der Waals surface area contributed by atoms with Crippen molar-refractivity contribution in [2.24, 2.45) is 0 Å². The molecule has 0 atom stereocenters. The van der Waals surface area contributed by atoms with Gasteiger partial charge < -0.3 is 5.73 Å². The predicted octanol–water partition coefficient (Wildman–Crippen LogP) is -0.995. The molecular formula is C9H14N4O6S2. The number of rotatable bonds is 7. The number of hydrogen-bond donors (Lipinski definition) is 3. The molecule has 118 valence electrons. The number of nitrogens with zero attached hydrogens (tertiary/aromatic N) is 1. The molecular weight excluding hydrogens is 324 g/mol. The second kappa shape index (κ2) is 6.34. The third kappa shape index (κ3) is 5.26. The highest BCUT2D eigenvalue weighted by Crippen LogP contribution is 2.24. The zero-order chi connectivity index (χ0) is 16.3. The molecule has 4 N–H and O–H groups in total. The Bertz CT molecular complexity index is 744. The summed E-state index contributed by atoms with van der Waals surface area (Å²) in [4.78, 5) is 9.61. The second-order valence-corrected chi connectivity index (χ2v) is 7.64. The molecule has 0 aliphatic rings. The molecule has 0 aliphatic heterocycles. The van der Waals surface area contributed by atoms with E-state index in [-0.39, 0.29) is 23.7 Å². The number of benzene rings is 1. The van der Waals surface area contributed by atoms with E-state index in [2.05, 4.69) is 9.44 Å². The Balaban J connectivity index is 2.79. The molecule has 0 saturated carbocycles. The van der Waals surface area contributed by atoms with E-state index in [0.29, 0.717) is 0 Å². The lowest BCUT2D eigenvalue weighted by Crippen LogP contribution is -2.34. The smallest absolute Gasteiger partial charge is 0.292 e. The van der Waals surface area contributed by atoms with E-state index < -0.39 is 30.7 Å². The van der Waals surface area contributed by atoms with E-state index in [9.17, 15) is 26.9 Å². The predicted molar refractivity (Wildman–Crippen MR) is 75.5 cm³/mol. The summed E-state index contributed by atoms with van der Waals surface area (Å²) in [5.74, 6) is 0. The van der Waals surface area contributed by atoms with E-state index in [1.165, 1.54) is 0 Å². The minimum Gasteiger partial charge on any atom is -0.393 e. The average Bonchev–Trinajstić information content (AvgIpc) is 2.33. The van der Waals surface area contributed by atoms with E-state index in [1.54, 1.807) is 0 Å². The Morgan fingerprint density at radius 1 is 1.19 bits per heavy atom. The van der Waals surface area contributed by atoms with Crippen molar-refractivity contribution in [3.63, 3.8) is 0 Å². The summed E-state index contributed by atoms with van der Waals surface area (Å²) in [6.07, 6.45) is 0.943. The molecule has 10 nitrogen and oxygen atoms in total. The molecule has 0 radical (unpaired) electrons. The van der Waals surface area contributed by atoms with Crippen LogP contribution in [0.5, 0.6) is 0 Å². The highest BCUT2D eigenvalue weighted by atomic mass is 32.2. The molecule has 0 bridgehead atoms. The Kier molecular flexibility index (Phi) is 5.22. The van der Waals surface area contributed by atoms with Crippen LogP contribution in [0.2, 0.25) is 0 Å². The van der Waals surface area contributed by atoms with Gasteiger partial charge in [-0.15, -0.1) is 0 Å². The van der Waals surface area contributed by atoms with Crippen LogP contribution >= 0.6 is 0 Å². The molecule has 1 aromatic rings. The second-order valence-electron chi connectivity index (χ2n) is 4.04. The third-order valence-corrected chi connectivity index (χ3v) is 4.47. The topological polar surface area (TPSA) is 162 Å². The summed E-state index contributed by atoms with van der Waals surface area (Å²) in [5.41, 5.74) is 4.73. The molecule has 1 aromatic carbocycles. The largest absolute Gasteiger partial charge is 0.393 e. The van der Waals surface area contributed by atoms with Crippen LogP contribution in [0.25, 0.3) is 0 Å². The molecule has 0 saturated heterocycles. The Hall–Kier alpha value is -1.76. The van der Waals surface area contributed by atoms with Gasteiger partial charge in [0.2, 0.25) is 20.0 Å². The van der Waals surface area contributed by atoms with Crippen molar-refractivity contribution in [1.29, 1.82) is 0 Å². The first-order valence-electron chi connectivity index (χ1n) is 5.51. The zero-order valence-corrected chi connectivity index (χ0v) is 12.6. The lowest BCUT2D eigenvalue weighted by atomic mass is 10.3. The van der Waals surface area contributed by atoms with E-state index >= 15 is 0 Å². The molecule has 0 amide bonds. The maximum absolute atomic E-state index is 11.9. The normalized spacial score (nSPS) is 12.2. The number of anilines is 1. The molecule has 12 heteroatoms. The number of sulfonamides is 2. The van der Waals surface area contributed by atoms with Gasteiger partial charge in [-0.25, -0.2) is 26.3 Å². The molecule has 1 rings (SSSR count). The van der Waals surface area contributed by atoms with Gasteiger partial charge in [0.25, 0.3) is 5.69 Å². The zero-order valence-electron chi connectivity index (χ0n) is 10.9. The van der Waals surface area contributed by atoms with Crippen LogP contribution in [0.4, 0.5) is 11.4 Å².